The van der Waals surface area contributed by atoms with Crippen LogP contribution in [0.2, 0.25) is 0 Å². The van der Waals surface area contributed by atoms with Gasteiger partial charge in [0.25, 0.3) is 5.69 Å². The van der Waals surface area contributed by atoms with Gasteiger partial charge in [-0.25, -0.2) is 4.79 Å². The molecular formula is C15H18N2O5S. The number of likely N-dealkylation sites (tertiary alicyclic amines) is 1. The Bertz CT molecular complexity index is 633. The summed E-state index contributed by atoms with van der Waals surface area (Å²) in [6.45, 7) is 3.73. The highest BCUT2D eigenvalue weighted by molar-refractivity contribution is 8.00. The number of amides is 1. The molecule has 1 aromatic carbocycles. The second kappa shape index (κ2) is 6.57. The first-order valence-electron chi connectivity index (χ1n) is 7.21. The molecule has 0 saturated carbocycles. The summed E-state index contributed by atoms with van der Waals surface area (Å²) in [4.78, 5) is 36.3. The van der Waals surface area contributed by atoms with Crippen LogP contribution in [0.25, 0.3) is 0 Å². The third-order valence-electron chi connectivity index (χ3n) is 4.08. The van der Waals surface area contributed by atoms with Crippen molar-refractivity contribution < 1.29 is 19.6 Å². The standard InChI is InChI=1S/C15H18N2O5S/c1-10(23-12-6-4-11(5-7-12)17(21)22)13(18)16-9-3-8-15(16,2)14(19)20/h4-7,10H,3,8-9H2,1-2H3,(H,19,20). The van der Waals surface area contributed by atoms with Gasteiger partial charge in [-0.15, -0.1) is 11.8 Å². The lowest BCUT2D eigenvalue weighted by Crippen LogP contribution is -2.52. The summed E-state index contributed by atoms with van der Waals surface area (Å²) < 4.78 is 0. The summed E-state index contributed by atoms with van der Waals surface area (Å²) in [7, 11) is 0. The van der Waals surface area contributed by atoms with Gasteiger partial charge in [0.05, 0.1) is 10.2 Å². The Hall–Kier alpha value is -2.09. The summed E-state index contributed by atoms with van der Waals surface area (Å²) in [5, 5.41) is 19.6. The number of carbonyl (C=O) groups is 2. The first-order chi connectivity index (χ1) is 10.8. The quantitative estimate of drug-likeness (QED) is 0.503. The number of non-ortho nitro benzene ring substituents is 1. The second-order valence-corrected chi connectivity index (χ2v) is 7.10. The lowest BCUT2D eigenvalue weighted by molar-refractivity contribution is -0.384. The molecule has 23 heavy (non-hydrogen) atoms. The highest BCUT2D eigenvalue weighted by Gasteiger charge is 2.46. The van der Waals surface area contributed by atoms with Crippen LogP contribution in [-0.4, -0.2) is 44.1 Å². The van der Waals surface area contributed by atoms with E-state index in [9.17, 15) is 24.8 Å². The number of benzene rings is 1. The van der Waals surface area contributed by atoms with Crippen molar-refractivity contribution in [1.82, 2.24) is 4.90 Å². The van der Waals surface area contributed by atoms with Crippen LogP contribution in [0, 0.1) is 10.1 Å². The van der Waals surface area contributed by atoms with E-state index in [0.29, 0.717) is 19.4 Å². The fourth-order valence-electron chi connectivity index (χ4n) is 2.66. The van der Waals surface area contributed by atoms with Gasteiger partial charge < -0.3 is 10.0 Å². The average molecular weight is 338 g/mol. The van der Waals surface area contributed by atoms with E-state index in [1.165, 1.54) is 28.8 Å². The van der Waals surface area contributed by atoms with Gasteiger partial charge in [0.1, 0.15) is 5.54 Å². The summed E-state index contributed by atoms with van der Waals surface area (Å²) in [6.07, 6.45) is 1.12. The number of nitro groups is 1. The molecule has 124 valence electrons. The van der Waals surface area contributed by atoms with Crippen LogP contribution in [0.1, 0.15) is 26.7 Å². The molecule has 2 atom stereocenters. The SMILES string of the molecule is CC(Sc1ccc([N+](=O)[O-])cc1)C(=O)N1CCCC1(C)C(=O)O. The minimum Gasteiger partial charge on any atom is -0.480 e. The number of hydrogen-bond donors (Lipinski definition) is 1. The molecule has 0 aliphatic carbocycles. The fourth-order valence-corrected chi connectivity index (χ4v) is 3.59. The largest absolute Gasteiger partial charge is 0.480 e. The van der Waals surface area contributed by atoms with E-state index in [0.717, 1.165) is 4.90 Å². The number of nitrogens with zero attached hydrogens (tertiary/aromatic N) is 2. The molecule has 1 aliphatic heterocycles. The smallest absolute Gasteiger partial charge is 0.329 e. The molecule has 8 heteroatoms. The maximum absolute atomic E-state index is 12.6. The minimum absolute atomic E-state index is 0.00803. The second-order valence-electron chi connectivity index (χ2n) is 5.68. The van der Waals surface area contributed by atoms with Crippen molar-refractivity contribution in [1.29, 1.82) is 0 Å². The Labute approximate surface area is 137 Å². The molecule has 1 aromatic rings. The summed E-state index contributed by atoms with van der Waals surface area (Å²) in [5.41, 5.74) is -1.16. The molecule has 1 aliphatic rings. The van der Waals surface area contributed by atoms with Crippen molar-refractivity contribution in [3.63, 3.8) is 0 Å². The van der Waals surface area contributed by atoms with E-state index in [4.69, 9.17) is 0 Å². The topological polar surface area (TPSA) is 101 Å². The molecule has 2 unspecified atom stereocenters. The first kappa shape index (κ1) is 17.3. The van der Waals surface area contributed by atoms with Crippen molar-refractivity contribution in [3.8, 4) is 0 Å². The number of carbonyl (C=O) groups excluding carboxylic acids is 1. The molecule has 0 aromatic heterocycles. The van der Waals surface area contributed by atoms with E-state index in [1.807, 2.05) is 0 Å². The summed E-state index contributed by atoms with van der Waals surface area (Å²) in [6, 6.07) is 5.95. The third kappa shape index (κ3) is 3.47. The zero-order valence-corrected chi connectivity index (χ0v) is 13.7. The van der Waals surface area contributed by atoms with E-state index in [1.54, 1.807) is 26.0 Å². The van der Waals surface area contributed by atoms with Crippen molar-refractivity contribution in [2.45, 2.75) is 42.4 Å². The Morgan fingerprint density at radius 2 is 2.00 bits per heavy atom. The van der Waals surface area contributed by atoms with Crippen LogP contribution < -0.4 is 0 Å². The van der Waals surface area contributed by atoms with Gasteiger partial charge in [-0.2, -0.15) is 0 Å². The van der Waals surface area contributed by atoms with E-state index < -0.39 is 21.7 Å². The van der Waals surface area contributed by atoms with Gasteiger partial charge in [0.2, 0.25) is 5.91 Å². The third-order valence-corrected chi connectivity index (χ3v) is 5.18. The maximum atomic E-state index is 12.6. The highest BCUT2D eigenvalue weighted by Crippen LogP contribution is 2.33. The number of carboxylic acids is 1. The van der Waals surface area contributed by atoms with Crippen LogP contribution in [0.5, 0.6) is 0 Å². The number of aliphatic carboxylic acids is 1. The van der Waals surface area contributed by atoms with Gasteiger partial charge in [0.15, 0.2) is 0 Å². The predicted octanol–water partition coefficient (Wildman–Crippen LogP) is 2.54. The molecule has 0 radical (unpaired) electrons. The van der Waals surface area contributed by atoms with Crippen LogP contribution in [0.15, 0.2) is 29.2 Å². The molecule has 1 saturated heterocycles. The predicted molar refractivity (Wildman–Crippen MR) is 85.4 cm³/mol. The zero-order chi connectivity index (χ0) is 17.2. The van der Waals surface area contributed by atoms with Gasteiger partial charge >= 0.3 is 5.97 Å². The molecule has 1 amide bonds. The Morgan fingerprint density at radius 3 is 2.52 bits per heavy atom. The van der Waals surface area contributed by atoms with Gasteiger partial charge in [-0.1, -0.05) is 0 Å². The lowest BCUT2D eigenvalue weighted by atomic mass is 9.99. The molecule has 2 rings (SSSR count). The molecule has 1 N–H and O–H groups in total. The van der Waals surface area contributed by atoms with Gasteiger partial charge in [-0.3, -0.25) is 14.9 Å². The number of nitro benzene ring substituents is 1. The molecular weight excluding hydrogens is 320 g/mol. The number of thioether (sulfide) groups is 1. The van der Waals surface area contributed by atoms with Crippen LogP contribution in [0.3, 0.4) is 0 Å². The molecule has 1 fully saturated rings. The molecule has 0 bridgehead atoms. The van der Waals surface area contributed by atoms with Gasteiger partial charge in [-0.05, 0) is 38.8 Å². The summed E-state index contributed by atoms with van der Waals surface area (Å²) in [5.74, 6) is -1.22. The fraction of sp³-hybridized carbons (Fsp3) is 0.467. The maximum Gasteiger partial charge on any atom is 0.329 e. The molecule has 0 spiro atoms. The van der Waals surface area contributed by atoms with Crippen LogP contribution in [-0.2, 0) is 9.59 Å². The Morgan fingerprint density at radius 1 is 1.39 bits per heavy atom. The van der Waals surface area contributed by atoms with Crippen molar-refractivity contribution in [2.75, 3.05) is 6.54 Å². The summed E-state index contributed by atoms with van der Waals surface area (Å²) >= 11 is 1.26. The van der Waals surface area contributed by atoms with Crippen molar-refractivity contribution in [3.05, 3.63) is 34.4 Å². The monoisotopic (exact) mass is 338 g/mol. The van der Waals surface area contributed by atoms with Gasteiger partial charge in [0, 0.05) is 23.6 Å². The number of hydrogen-bond acceptors (Lipinski definition) is 5. The van der Waals surface area contributed by atoms with Crippen molar-refractivity contribution in [2.24, 2.45) is 0 Å². The van der Waals surface area contributed by atoms with E-state index >= 15 is 0 Å². The van der Waals surface area contributed by atoms with Crippen LogP contribution in [0.4, 0.5) is 5.69 Å². The normalized spacial score (nSPS) is 21.9. The number of carboxylic acid groups (broad SMARTS) is 1. The average Bonchev–Trinajstić information content (AvgIpc) is 2.90. The highest BCUT2D eigenvalue weighted by atomic mass is 32.2. The Kier molecular flexibility index (Phi) is 4.93. The molecule has 1 heterocycles. The van der Waals surface area contributed by atoms with E-state index in [-0.39, 0.29) is 11.6 Å². The minimum atomic E-state index is -1.15. The van der Waals surface area contributed by atoms with E-state index in [2.05, 4.69) is 0 Å². The van der Waals surface area contributed by atoms with Crippen LogP contribution >= 0.6 is 11.8 Å². The zero-order valence-electron chi connectivity index (χ0n) is 12.9. The molecule has 7 nitrogen and oxygen atoms in total. The number of rotatable bonds is 5. The Balaban J connectivity index is 2.08. The van der Waals surface area contributed by atoms with Crippen molar-refractivity contribution >= 4 is 29.3 Å². The lowest BCUT2D eigenvalue weighted by Gasteiger charge is -2.33. The first-order valence-corrected chi connectivity index (χ1v) is 8.09.